The molecule has 0 spiro atoms. The van der Waals surface area contributed by atoms with Gasteiger partial charge in [0.1, 0.15) is 30.5 Å². The first kappa shape index (κ1) is 56.8. The highest BCUT2D eigenvalue weighted by Gasteiger charge is 2.48. The van der Waals surface area contributed by atoms with Crippen molar-refractivity contribution in [2.45, 2.75) is 166 Å². The Morgan fingerprint density at radius 1 is 0.613 bits per heavy atom. The summed E-state index contributed by atoms with van der Waals surface area (Å²) in [6.07, 6.45) is 45.6. The molecule has 1 fully saturated rings. The molecule has 4 N–H and O–H groups in total. The topological polar surface area (TPSA) is 178 Å². The van der Waals surface area contributed by atoms with E-state index in [9.17, 15) is 28.5 Å². The van der Waals surface area contributed by atoms with Crippen molar-refractivity contribution in [1.29, 1.82) is 0 Å². The monoisotopic (exact) mass is 891 g/mol. The highest BCUT2D eigenvalue weighted by molar-refractivity contribution is 7.80. The number of aliphatic hydroxyl groups is 3. The fraction of sp³-hybridized carbons (Fsp3) is 0.612. The molecule has 0 aromatic carbocycles. The van der Waals surface area contributed by atoms with Crippen molar-refractivity contribution < 1.29 is 56.2 Å². The summed E-state index contributed by atoms with van der Waals surface area (Å²) in [4.78, 5) is 12.8. The highest BCUT2D eigenvalue weighted by Crippen LogP contribution is 2.26. The molecule has 1 heterocycles. The van der Waals surface area contributed by atoms with E-state index in [1.54, 1.807) is 0 Å². The summed E-state index contributed by atoms with van der Waals surface area (Å²) in [5.74, 6) is -0.442. The third-order valence-corrected chi connectivity index (χ3v) is 9.86. The van der Waals surface area contributed by atoms with Crippen molar-refractivity contribution in [3.05, 3.63) is 109 Å². The molecule has 13 heteroatoms. The van der Waals surface area contributed by atoms with Gasteiger partial charge in [-0.15, -0.1) is 0 Å². The molecule has 0 aliphatic carbocycles. The number of hydrogen-bond donors (Lipinski definition) is 4. The van der Waals surface area contributed by atoms with Gasteiger partial charge in [-0.3, -0.25) is 9.35 Å². The number of ether oxygens (including phenoxy) is 4. The smallest absolute Gasteiger partial charge is 0.397 e. The van der Waals surface area contributed by atoms with Gasteiger partial charge in [-0.05, 0) is 89.9 Å². The first-order chi connectivity index (χ1) is 30.1. The summed E-state index contributed by atoms with van der Waals surface area (Å²) in [6, 6.07) is 0. The van der Waals surface area contributed by atoms with Crippen LogP contribution in [0.3, 0.4) is 0 Å². The Morgan fingerprint density at radius 3 is 1.55 bits per heavy atom. The molecule has 1 rings (SSSR count). The summed E-state index contributed by atoms with van der Waals surface area (Å²) in [7, 11) is -5.08. The second-order valence-electron chi connectivity index (χ2n) is 14.9. The van der Waals surface area contributed by atoms with Gasteiger partial charge in [0.15, 0.2) is 6.29 Å². The van der Waals surface area contributed by atoms with Gasteiger partial charge < -0.3 is 34.3 Å². The minimum Gasteiger partial charge on any atom is -0.457 e. The molecule has 0 aromatic heterocycles. The van der Waals surface area contributed by atoms with Crippen LogP contribution < -0.4 is 0 Å². The molecule has 1 aliphatic heterocycles. The van der Waals surface area contributed by atoms with Crippen LogP contribution >= 0.6 is 0 Å². The maximum atomic E-state index is 12.8. The number of rotatable bonds is 37. The maximum absolute atomic E-state index is 12.8. The number of aliphatic hydroxyl groups excluding tert-OH is 3. The summed E-state index contributed by atoms with van der Waals surface area (Å²) >= 11 is 0. The second kappa shape index (κ2) is 39.4. The molecule has 0 aromatic rings. The zero-order chi connectivity index (χ0) is 45.4. The predicted octanol–water partition coefficient (Wildman–Crippen LogP) is 9.63. The summed E-state index contributed by atoms with van der Waals surface area (Å²) in [5.41, 5.74) is 0. The fourth-order valence-corrected chi connectivity index (χ4v) is 6.56. The molecule has 6 unspecified atom stereocenters. The minimum absolute atomic E-state index is 0.0193. The first-order valence-corrected chi connectivity index (χ1v) is 24.0. The molecule has 6 atom stereocenters. The number of carbonyl (C=O) groups is 1. The van der Waals surface area contributed by atoms with Gasteiger partial charge >= 0.3 is 16.4 Å². The average Bonchev–Trinajstić information content (AvgIpc) is 3.24. The predicted molar refractivity (Wildman–Crippen MR) is 248 cm³/mol. The van der Waals surface area contributed by atoms with Crippen LogP contribution in [0.4, 0.5) is 0 Å². The van der Waals surface area contributed by atoms with Crippen LogP contribution in [0.2, 0.25) is 0 Å². The minimum atomic E-state index is -5.08. The van der Waals surface area contributed by atoms with Gasteiger partial charge in [0, 0.05) is 13.0 Å². The van der Waals surface area contributed by atoms with Crippen LogP contribution in [0.25, 0.3) is 0 Å². The zero-order valence-corrected chi connectivity index (χ0v) is 38.2. The van der Waals surface area contributed by atoms with Crippen molar-refractivity contribution in [1.82, 2.24) is 0 Å². The normalized spacial score (nSPS) is 21.0. The van der Waals surface area contributed by atoms with E-state index in [0.29, 0.717) is 13.0 Å². The first-order valence-electron chi connectivity index (χ1n) is 22.6. The van der Waals surface area contributed by atoms with Crippen LogP contribution in [0.15, 0.2) is 109 Å². The van der Waals surface area contributed by atoms with Crippen molar-refractivity contribution in [3.63, 3.8) is 0 Å². The van der Waals surface area contributed by atoms with Gasteiger partial charge in [-0.2, -0.15) is 8.42 Å². The van der Waals surface area contributed by atoms with Crippen molar-refractivity contribution in [2.75, 3.05) is 26.4 Å². The second-order valence-corrected chi connectivity index (χ2v) is 15.9. The van der Waals surface area contributed by atoms with Gasteiger partial charge in [-0.25, -0.2) is 4.18 Å². The molecule has 0 amide bonds. The number of hydrogen-bond acceptors (Lipinski definition) is 11. The van der Waals surface area contributed by atoms with Gasteiger partial charge in [0.2, 0.25) is 0 Å². The van der Waals surface area contributed by atoms with E-state index in [0.717, 1.165) is 103 Å². The van der Waals surface area contributed by atoms with Crippen LogP contribution in [0.5, 0.6) is 0 Å². The summed E-state index contributed by atoms with van der Waals surface area (Å²) in [6.45, 7) is 3.55. The largest absolute Gasteiger partial charge is 0.457 e. The number of allylic oxidation sites excluding steroid dienone is 18. The van der Waals surface area contributed by atoms with E-state index in [2.05, 4.69) is 127 Å². The summed E-state index contributed by atoms with van der Waals surface area (Å²) in [5, 5.41) is 30.7. The number of carbonyl (C=O) groups excluding carboxylic acids is 1. The maximum Gasteiger partial charge on any atom is 0.397 e. The lowest BCUT2D eigenvalue weighted by Gasteiger charge is -2.41. The summed E-state index contributed by atoms with van der Waals surface area (Å²) < 4.78 is 59.0. The molecule has 12 nitrogen and oxygen atoms in total. The van der Waals surface area contributed by atoms with E-state index in [-0.39, 0.29) is 19.6 Å². The van der Waals surface area contributed by atoms with Gasteiger partial charge in [0.05, 0.1) is 19.8 Å². The van der Waals surface area contributed by atoms with Crippen LogP contribution in [0, 0.1) is 0 Å². The molecule has 0 saturated carbocycles. The van der Waals surface area contributed by atoms with Crippen LogP contribution in [-0.4, -0.2) is 97.5 Å². The van der Waals surface area contributed by atoms with E-state index < -0.39 is 59.8 Å². The number of unbranched alkanes of at least 4 members (excludes halogenated alkanes) is 6. The fourth-order valence-electron chi connectivity index (χ4n) is 6.05. The Bertz CT molecular complexity index is 1490. The third-order valence-electron chi connectivity index (χ3n) is 9.39. The molecule has 0 radical (unpaired) electrons. The Labute approximate surface area is 373 Å². The quantitative estimate of drug-likeness (QED) is 0.0201. The molecule has 352 valence electrons. The lowest BCUT2D eigenvalue weighted by atomic mass is 9.99. The lowest BCUT2D eigenvalue weighted by molar-refractivity contribution is -0.301. The SMILES string of the molecule is CC/C=C\C/C=C\C/C=C\C/C=C\C/C=C\C/C=C\CCCOCC(COC1OC(CO)C(O)C(OS(=O)(=O)O)C1O)OC(=O)CCCCCCC/C=C\C/C=C\C/C=C\CC. The Hall–Kier alpha value is -3.24. The van der Waals surface area contributed by atoms with E-state index >= 15 is 0 Å². The van der Waals surface area contributed by atoms with E-state index in [1.807, 2.05) is 0 Å². The molecular formula is C49H78O12S. The Balaban J connectivity index is 2.50. The zero-order valence-electron chi connectivity index (χ0n) is 37.4. The standard InChI is InChI=1S/C49H78O12S/c1-3-5-7-9-11-13-15-17-19-20-21-22-23-25-27-29-31-33-35-37-39-57-41-43(42-58-49-47(53)48(61-62(54,55)56)46(52)44(40-50)60-49)59-45(51)38-36-34-32-30-28-26-24-18-16-14-12-10-8-6-4-2/h5-8,11-14,17-19,21-22,24-25,27,31,33,43-44,46-50,52-53H,3-4,9-10,15-16,20,23,26,28-30,32,34-42H2,1-2H3,(H,54,55,56)/b7-5-,8-6-,13-11-,14-12-,19-17-,22-21-,24-18-,27-25-,33-31-. The van der Waals surface area contributed by atoms with Crippen molar-refractivity contribution in [3.8, 4) is 0 Å². The molecular weight excluding hydrogens is 813 g/mol. The van der Waals surface area contributed by atoms with Crippen LogP contribution in [0.1, 0.15) is 129 Å². The average molecular weight is 891 g/mol. The molecule has 0 bridgehead atoms. The van der Waals surface area contributed by atoms with Crippen molar-refractivity contribution >= 4 is 16.4 Å². The van der Waals surface area contributed by atoms with Crippen molar-refractivity contribution in [2.24, 2.45) is 0 Å². The Kier molecular flexibility index (Phi) is 36.0. The van der Waals surface area contributed by atoms with Crippen LogP contribution in [-0.2, 0) is 38.3 Å². The van der Waals surface area contributed by atoms with E-state index in [4.69, 9.17) is 23.5 Å². The molecule has 1 aliphatic rings. The third kappa shape index (κ3) is 32.4. The number of esters is 1. The van der Waals surface area contributed by atoms with E-state index in [1.165, 1.54) is 0 Å². The Morgan fingerprint density at radius 2 is 1.06 bits per heavy atom. The highest BCUT2D eigenvalue weighted by atomic mass is 32.3. The molecule has 1 saturated heterocycles. The van der Waals surface area contributed by atoms with Gasteiger partial charge in [0.25, 0.3) is 0 Å². The molecule has 62 heavy (non-hydrogen) atoms. The lowest BCUT2D eigenvalue weighted by Crippen LogP contribution is -2.60. The van der Waals surface area contributed by atoms with Gasteiger partial charge in [-0.1, -0.05) is 142 Å².